The molecule has 2 fully saturated rings. The number of ether oxygens (including phenoxy) is 2. The lowest BCUT2D eigenvalue weighted by atomic mass is 10.1. The monoisotopic (exact) mass is 638 g/mol. The fraction of sp³-hybridized carbons (Fsp3) is 0.387. The van der Waals surface area contributed by atoms with E-state index in [1.54, 1.807) is 6.07 Å². The molecule has 2 saturated heterocycles. The molecule has 1 aromatic carbocycles. The summed E-state index contributed by atoms with van der Waals surface area (Å²) in [6.07, 6.45) is 0.332. The van der Waals surface area contributed by atoms with Gasteiger partial charge in [-0.15, -0.1) is 10.2 Å². The van der Waals surface area contributed by atoms with Gasteiger partial charge in [0, 0.05) is 54.7 Å². The highest BCUT2D eigenvalue weighted by atomic mass is 35.5. The van der Waals surface area contributed by atoms with E-state index in [4.69, 9.17) is 31.0 Å². The molecule has 2 aliphatic heterocycles. The predicted octanol–water partition coefficient (Wildman–Crippen LogP) is 5.71. The number of aromatic amines is 1. The first-order valence-corrected chi connectivity index (χ1v) is 15.2. The molecule has 0 aliphatic carbocycles. The van der Waals surface area contributed by atoms with Crippen molar-refractivity contribution in [1.82, 2.24) is 39.6 Å². The zero-order chi connectivity index (χ0) is 31.0. The van der Waals surface area contributed by atoms with Crippen molar-refractivity contribution in [3.05, 3.63) is 82.7 Å². The summed E-state index contributed by atoms with van der Waals surface area (Å²) in [6, 6.07) is 15.3. The Morgan fingerprint density at radius 1 is 1.02 bits per heavy atom. The Morgan fingerprint density at radius 3 is 2.53 bits per heavy atom. The number of hydrogen-bond donors (Lipinski definition) is 1. The standard InChI is InChI=1S/C31H30ClF3N8O2/c32-21-6-4-19(5-7-21)14-22-2-1-3-27(37-22)45-23-8-11-42(12-9-23)18-26-38-25-15-20(28-39-30(41-40-28)31(33,34)35)16-36-29(25)43(26)17-24-10-13-44-24/h1-7,15-16,23-24H,8-14,17-18H2,(H,39,40,41)/t24-/m0/s1. The van der Waals surface area contributed by atoms with Gasteiger partial charge in [0.1, 0.15) is 17.4 Å². The van der Waals surface area contributed by atoms with Gasteiger partial charge in [-0.05, 0) is 49.1 Å². The normalized spacial score (nSPS) is 17.9. The Morgan fingerprint density at radius 2 is 1.82 bits per heavy atom. The largest absolute Gasteiger partial charge is 0.474 e. The number of H-pyrrole nitrogens is 1. The molecule has 0 radical (unpaired) electrons. The lowest BCUT2D eigenvalue weighted by Gasteiger charge is -2.32. The fourth-order valence-corrected chi connectivity index (χ4v) is 5.77. The maximum absolute atomic E-state index is 13.0. The smallest absolute Gasteiger partial charge is 0.451 e. The molecule has 7 rings (SSSR count). The van der Waals surface area contributed by atoms with Crippen LogP contribution in [0.2, 0.25) is 5.02 Å². The number of likely N-dealkylation sites (tertiary alicyclic amines) is 1. The number of rotatable bonds is 9. The first-order chi connectivity index (χ1) is 21.8. The zero-order valence-corrected chi connectivity index (χ0v) is 24.9. The number of nitrogens with one attached hydrogen (secondary N) is 1. The van der Waals surface area contributed by atoms with Crippen LogP contribution in [0.3, 0.4) is 0 Å². The molecule has 0 saturated carbocycles. The van der Waals surface area contributed by atoms with Crippen LogP contribution in [0, 0.1) is 0 Å². The van der Waals surface area contributed by atoms with Crippen LogP contribution in [0.15, 0.2) is 54.7 Å². The van der Waals surface area contributed by atoms with Gasteiger partial charge in [-0.1, -0.05) is 29.8 Å². The minimum Gasteiger partial charge on any atom is -0.474 e. The van der Waals surface area contributed by atoms with Crippen molar-refractivity contribution in [3.63, 3.8) is 0 Å². The summed E-state index contributed by atoms with van der Waals surface area (Å²) in [5.74, 6) is 0.287. The molecule has 5 aromatic rings. The first-order valence-electron chi connectivity index (χ1n) is 14.8. The summed E-state index contributed by atoms with van der Waals surface area (Å²) in [5.41, 5.74) is 3.68. The fourth-order valence-electron chi connectivity index (χ4n) is 5.64. The second-order valence-electron chi connectivity index (χ2n) is 11.4. The number of fused-ring (bicyclic) bond motifs is 1. The van der Waals surface area contributed by atoms with E-state index in [1.807, 2.05) is 42.5 Å². The van der Waals surface area contributed by atoms with E-state index >= 15 is 0 Å². The van der Waals surface area contributed by atoms with Gasteiger partial charge in [-0.3, -0.25) is 4.90 Å². The van der Waals surface area contributed by atoms with Gasteiger partial charge in [0.25, 0.3) is 0 Å². The number of imidazole rings is 1. The molecule has 2 aliphatic rings. The van der Waals surface area contributed by atoms with E-state index in [0.717, 1.165) is 56.0 Å². The highest BCUT2D eigenvalue weighted by Gasteiger charge is 2.35. The maximum Gasteiger partial charge on any atom is 0.451 e. The first kappa shape index (κ1) is 29.6. The van der Waals surface area contributed by atoms with Crippen LogP contribution in [0.25, 0.3) is 22.6 Å². The van der Waals surface area contributed by atoms with Gasteiger partial charge in [0.05, 0.1) is 19.2 Å². The summed E-state index contributed by atoms with van der Waals surface area (Å²) in [5, 5.41) is 7.61. The number of nitrogens with zero attached hydrogens (tertiary/aromatic N) is 7. The zero-order valence-electron chi connectivity index (χ0n) is 24.2. The molecule has 234 valence electrons. The summed E-state index contributed by atoms with van der Waals surface area (Å²) in [7, 11) is 0. The van der Waals surface area contributed by atoms with Crippen LogP contribution in [0.4, 0.5) is 13.2 Å². The molecule has 6 heterocycles. The number of alkyl halides is 3. The van der Waals surface area contributed by atoms with Gasteiger partial charge >= 0.3 is 6.18 Å². The van der Waals surface area contributed by atoms with Crippen LogP contribution in [0.5, 0.6) is 5.88 Å². The molecule has 1 N–H and O–H groups in total. The van der Waals surface area contributed by atoms with Crippen molar-refractivity contribution < 1.29 is 22.6 Å². The molecule has 4 aromatic heterocycles. The van der Waals surface area contributed by atoms with E-state index in [9.17, 15) is 13.2 Å². The Bertz CT molecular complexity index is 1780. The number of piperidine rings is 1. The van der Waals surface area contributed by atoms with Crippen molar-refractivity contribution >= 4 is 22.8 Å². The van der Waals surface area contributed by atoms with Crippen LogP contribution in [0.1, 0.15) is 42.2 Å². The Hall–Kier alpha value is -4.07. The van der Waals surface area contributed by atoms with Crippen molar-refractivity contribution in [2.75, 3.05) is 19.7 Å². The average Bonchev–Trinajstić information content (AvgIpc) is 3.63. The van der Waals surface area contributed by atoms with Gasteiger partial charge in [-0.25, -0.2) is 15.0 Å². The quantitative estimate of drug-likeness (QED) is 0.219. The van der Waals surface area contributed by atoms with E-state index in [-0.39, 0.29) is 18.0 Å². The molecular formula is C31H30ClF3N8O2. The van der Waals surface area contributed by atoms with Crippen LogP contribution in [-0.4, -0.2) is 71.5 Å². The number of aromatic nitrogens is 7. The summed E-state index contributed by atoms with van der Waals surface area (Å²) >= 11 is 6.01. The maximum atomic E-state index is 13.0. The lowest BCUT2D eigenvalue weighted by molar-refractivity contribution is -0.144. The highest BCUT2D eigenvalue weighted by molar-refractivity contribution is 6.30. The average molecular weight is 639 g/mol. The van der Waals surface area contributed by atoms with E-state index in [2.05, 4.69) is 29.6 Å². The minimum atomic E-state index is -4.61. The second-order valence-corrected chi connectivity index (χ2v) is 11.8. The van der Waals surface area contributed by atoms with E-state index < -0.39 is 12.0 Å². The predicted molar refractivity (Wildman–Crippen MR) is 160 cm³/mol. The third kappa shape index (κ3) is 6.80. The van der Waals surface area contributed by atoms with Gasteiger partial charge < -0.3 is 19.0 Å². The van der Waals surface area contributed by atoms with E-state index in [0.29, 0.717) is 47.1 Å². The van der Waals surface area contributed by atoms with E-state index in [1.165, 1.54) is 6.20 Å². The molecule has 0 unspecified atom stereocenters. The van der Waals surface area contributed by atoms with Crippen LogP contribution < -0.4 is 4.74 Å². The SMILES string of the molecule is FC(F)(F)c1nnc(-c2cnc3c(c2)nc(CN2CCC(Oc4cccc(Cc5ccc(Cl)cc5)n4)CC2)n3C[C@@H]2CCO2)[nH]1. The summed E-state index contributed by atoms with van der Waals surface area (Å²) in [6.45, 7) is 3.56. The van der Waals surface area contributed by atoms with Gasteiger partial charge in [0.2, 0.25) is 11.7 Å². The molecule has 10 nitrogen and oxygen atoms in total. The summed E-state index contributed by atoms with van der Waals surface area (Å²) in [4.78, 5) is 18.7. The van der Waals surface area contributed by atoms with Gasteiger partial charge in [-0.2, -0.15) is 13.2 Å². The summed E-state index contributed by atoms with van der Waals surface area (Å²) < 4.78 is 53.2. The third-order valence-corrected chi connectivity index (χ3v) is 8.39. The van der Waals surface area contributed by atoms with Crippen LogP contribution >= 0.6 is 11.6 Å². The van der Waals surface area contributed by atoms with Crippen molar-refractivity contribution in [2.24, 2.45) is 0 Å². The molecule has 0 spiro atoms. The van der Waals surface area contributed by atoms with Crippen molar-refractivity contribution in [2.45, 2.75) is 57.2 Å². The number of halogens is 4. The van der Waals surface area contributed by atoms with Gasteiger partial charge in [0.15, 0.2) is 11.5 Å². The molecule has 45 heavy (non-hydrogen) atoms. The molecule has 1 atom stereocenters. The lowest BCUT2D eigenvalue weighted by Crippen LogP contribution is -2.39. The minimum absolute atomic E-state index is 0.0118. The molecule has 14 heteroatoms. The topological polar surface area (TPSA) is 107 Å². The molecular weight excluding hydrogens is 609 g/mol. The second kappa shape index (κ2) is 12.4. The molecule has 0 amide bonds. The Balaban J connectivity index is 1.02. The highest BCUT2D eigenvalue weighted by Crippen LogP contribution is 2.29. The Kier molecular flexibility index (Phi) is 8.15. The number of hydrogen-bond acceptors (Lipinski definition) is 8. The number of benzene rings is 1. The van der Waals surface area contributed by atoms with Crippen molar-refractivity contribution in [3.8, 4) is 17.3 Å². The Labute approximate surface area is 261 Å². The van der Waals surface area contributed by atoms with Crippen LogP contribution in [-0.2, 0) is 30.4 Å². The number of pyridine rings is 2. The third-order valence-electron chi connectivity index (χ3n) is 8.14. The van der Waals surface area contributed by atoms with Crippen molar-refractivity contribution in [1.29, 1.82) is 0 Å². The molecule has 0 bridgehead atoms.